The van der Waals surface area contributed by atoms with Crippen molar-refractivity contribution in [1.82, 2.24) is 15.0 Å². The maximum atomic E-state index is 13.5. The molecule has 100 valence electrons. The summed E-state index contributed by atoms with van der Waals surface area (Å²) < 4.78 is 41.6. The second kappa shape index (κ2) is 4.08. The van der Waals surface area contributed by atoms with Gasteiger partial charge in [0.05, 0.1) is 23.1 Å². The van der Waals surface area contributed by atoms with Crippen LogP contribution in [0.2, 0.25) is 0 Å². The summed E-state index contributed by atoms with van der Waals surface area (Å²) in [4.78, 5) is 0. The van der Waals surface area contributed by atoms with E-state index in [-0.39, 0.29) is 0 Å². The number of benzene rings is 1. The largest absolute Gasteiger partial charge is 0.273 e. The minimum atomic E-state index is -3.22. The Balaban J connectivity index is 2.08. The van der Waals surface area contributed by atoms with E-state index in [1.54, 1.807) is 6.20 Å². The average Bonchev–Trinajstić information content (AvgIpc) is 3.07. The van der Waals surface area contributed by atoms with Crippen molar-refractivity contribution >= 4 is 0 Å². The van der Waals surface area contributed by atoms with Gasteiger partial charge in [0, 0.05) is 12.8 Å². The molecule has 1 heterocycles. The second-order valence-electron chi connectivity index (χ2n) is 4.90. The molecule has 1 aliphatic carbocycles. The molecular formula is C13H12F3N3. The van der Waals surface area contributed by atoms with Gasteiger partial charge in [-0.05, 0) is 31.0 Å². The topological polar surface area (TPSA) is 30.7 Å². The highest BCUT2D eigenvalue weighted by Crippen LogP contribution is 2.40. The van der Waals surface area contributed by atoms with E-state index in [9.17, 15) is 13.2 Å². The Labute approximate surface area is 108 Å². The molecule has 19 heavy (non-hydrogen) atoms. The first-order chi connectivity index (χ1) is 8.97. The van der Waals surface area contributed by atoms with Crippen molar-refractivity contribution in [3.05, 3.63) is 41.5 Å². The van der Waals surface area contributed by atoms with Gasteiger partial charge in [0.25, 0.3) is 5.92 Å². The zero-order valence-corrected chi connectivity index (χ0v) is 10.3. The van der Waals surface area contributed by atoms with Gasteiger partial charge >= 0.3 is 0 Å². The molecule has 6 heteroatoms. The van der Waals surface area contributed by atoms with Crippen molar-refractivity contribution < 1.29 is 13.2 Å². The molecule has 0 spiro atoms. The van der Waals surface area contributed by atoms with E-state index in [2.05, 4.69) is 10.3 Å². The molecule has 1 aromatic heterocycles. The highest BCUT2D eigenvalue weighted by atomic mass is 19.3. The van der Waals surface area contributed by atoms with Crippen LogP contribution in [0.3, 0.4) is 0 Å². The monoisotopic (exact) mass is 267 g/mol. The lowest BCUT2D eigenvalue weighted by molar-refractivity contribution is 0.0137. The van der Waals surface area contributed by atoms with Crippen LogP contribution in [0, 0.1) is 5.82 Å². The number of aromatic nitrogens is 3. The lowest BCUT2D eigenvalue weighted by Gasteiger charge is -2.14. The normalized spacial score (nSPS) is 15.8. The van der Waals surface area contributed by atoms with E-state index >= 15 is 0 Å². The fourth-order valence-electron chi connectivity index (χ4n) is 2.08. The van der Waals surface area contributed by atoms with Crippen LogP contribution in [0.4, 0.5) is 13.2 Å². The van der Waals surface area contributed by atoms with Crippen molar-refractivity contribution in [2.24, 2.45) is 0 Å². The minimum Gasteiger partial charge on any atom is -0.217 e. The Morgan fingerprint density at radius 1 is 1.32 bits per heavy atom. The van der Waals surface area contributed by atoms with Gasteiger partial charge in [-0.1, -0.05) is 5.21 Å². The van der Waals surface area contributed by atoms with Crippen LogP contribution in [0.25, 0.3) is 5.69 Å². The van der Waals surface area contributed by atoms with Crippen LogP contribution in [-0.2, 0) is 5.92 Å². The first kappa shape index (κ1) is 12.2. The number of alkyl halides is 2. The molecule has 1 saturated carbocycles. The van der Waals surface area contributed by atoms with Crippen LogP contribution < -0.4 is 0 Å². The Hall–Kier alpha value is -1.85. The van der Waals surface area contributed by atoms with Gasteiger partial charge in [0.15, 0.2) is 0 Å². The quantitative estimate of drug-likeness (QED) is 0.853. The number of hydrogen-bond acceptors (Lipinski definition) is 2. The molecule has 0 amide bonds. The fraction of sp³-hybridized carbons (Fsp3) is 0.385. The Kier molecular flexibility index (Phi) is 2.62. The second-order valence-corrected chi connectivity index (χ2v) is 4.90. The first-order valence-corrected chi connectivity index (χ1v) is 6.05. The molecule has 0 N–H and O–H groups in total. The van der Waals surface area contributed by atoms with Crippen molar-refractivity contribution in [1.29, 1.82) is 0 Å². The molecule has 2 aromatic rings. The van der Waals surface area contributed by atoms with E-state index in [4.69, 9.17) is 0 Å². The Bertz CT molecular complexity index is 612. The van der Waals surface area contributed by atoms with Crippen LogP contribution in [0.1, 0.15) is 36.9 Å². The van der Waals surface area contributed by atoms with Crippen LogP contribution in [-0.4, -0.2) is 15.0 Å². The van der Waals surface area contributed by atoms with Crippen molar-refractivity contribution in [3.8, 4) is 5.69 Å². The lowest BCUT2D eigenvalue weighted by atomic mass is 10.1. The SMILES string of the molecule is CC(F)(F)c1cc(-n2nncc2C2CC2)ccc1F. The van der Waals surface area contributed by atoms with Gasteiger partial charge in [-0.15, -0.1) is 5.10 Å². The smallest absolute Gasteiger partial charge is 0.217 e. The summed E-state index contributed by atoms with van der Waals surface area (Å²) in [6.45, 7) is 0.679. The van der Waals surface area contributed by atoms with Gasteiger partial charge < -0.3 is 0 Å². The van der Waals surface area contributed by atoms with Gasteiger partial charge in [0.2, 0.25) is 0 Å². The number of rotatable bonds is 3. The minimum absolute atomic E-state index is 0.380. The van der Waals surface area contributed by atoms with Gasteiger partial charge in [-0.2, -0.15) is 0 Å². The average molecular weight is 267 g/mol. The maximum Gasteiger partial charge on any atom is 0.273 e. The third-order valence-corrected chi connectivity index (χ3v) is 3.24. The van der Waals surface area contributed by atoms with Crippen LogP contribution in [0.15, 0.2) is 24.4 Å². The summed E-state index contributed by atoms with van der Waals surface area (Å²) in [6, 6.07) is 3.61. The van der Waals surface area contributed by atoms with E-state index in [0.29, 0.717) is 18.5 Å². The zero-order valence-electron chi connectivity index (χ0n) is 10.3. The van der Waals surface area contributed by atoms with E-state index in [0.717, 1.165) is 30.7 Å². The summed E-state index contributed by atoms with van der Waals surface area (Å²) in [5.41, 5.74) is 0.677. The van der Waals surface area contributed by atoms with E-state index in [1.165, 1.54) is 10.7 Å². The summed E-state index contributed by atoms with van der Waals surface area (Å²) in [6.07, 6.45) is 3.72. The lowest BCUT2D eigenvalue weighted by Crippen LogP contribution is -2.12. The van der Waals surface area contributed by atoms with E-state index in [1.807, 2.05) is 0 Å². The molecule has 3 rings (SSSR count). The summed E-state index contributed by atoms with van der Waals surface area (Å²) in [5, 5.41) is 7.71. The molecule has 3 nitrogen and oxygen atoms in total. The van der Waals surface area contributed by atoms with Crippen LogP contribution in [0.5, 0.6) is 0 Å². The summed E-state index contributed by atoms with van der Waals surface area (Å²) >= 11 is 0. The Morgan fingerprint density at radius 2 is 2.05 bits per heavy atom. The molecule has 0 unspecified atom stereocenters. The Morgan fingerprint density at radius 3 is 2.68 bits per heavy atom. The van der Waals surface area contributed by atoms with Crippen molar-refractivity contribution in [2.45, 2.75) is 31.6 Å². The van der Waals surface area contributed by atoms with Gasteiger partial charge in [-0.25, -0.2) is 17.9 Å². The molecular weight excluding hydrogens is 255 g/mol. The third-order valence-electron chi connectivity index (χ3n) is 3.24. The highest BCUT2D eigenvalue weighted by Gasteiger charge is 2.31. The standard InChI is InChI=1S/C13H12F3N3/c1-13(15,16)10-6-9(4-5-11(10)14)19-12(7-17-18-19)8-2-3-8/h4-8H,2-3H2,1H3. The van der Waals surface area contributed by atoms with Gasteiger partial charge in [-0.3, -0.25) is 0 Å². The molecule has 0 radical (unpaired) electrons. The van der Waals surface area contributed by atoms with E-state index < -0.39 is 17.3 Å². The number of halogens is 3. The maximum absolute atomic E-state index is 13.5. The predicted molar refractivity (Wildman–Crippen MR) is 62.9 cm³/mol. The first-order valence-electron chi connectivity index (χ1n) is 6.05. The summed E-state index contributed by atoms with van der Waals surface area (Å²) in [5.74, 6) is -3.75. The number of hydrogen-bond donors (Lipinski definition) is 0. The fourth-order valence-corrected chi connectivity index (χ4v) is 2.08. The molecule has 0 atom stereocenters. The van der Waals surface area contributed by atoms with Crippen molar-refractivity contribution in [2.75, 3.05) is 0 Å². The van der Waals surface area contributed by atoms with Gasteiger partial charge in [0.1, 0.15) is 5.82 Å². The molecule has 1 aromatic carbocycles. The molecule has 0 saturated heterocycles. The molecule has 1 fully saturated rings. The number of nitrogens with zero attached hydrogens (tertiary/aromatic N) is 3. The third kappa shape index (κ3) is 2.22. The van der Waals surface area contributed by atoms with Crippen molar-refractivity contribution in [3.63, 3.8) is 0 Å². The van der Waals surface area contributed by atoms with Crippen LogP contribution >= 0.6 is 0 Å². The molecule has 0 aliphatic heterocycles. The predicted octanol–water partition coefficient (Wildman–Crippen LogP) is 3.40. The summed E-state index contributed by atoms with van der Waals surface area (Å²) in [7, 11) is 0. The zero-order chi connectivity index (χ0) is 13.6. The highest BCUT2D eigenvalue weighted by molar-refractivity contribution is 5.39. The molecule has 0 bridgehead atoms. The molecule has 1 aliphatic rings.